The van der Waals surface area contributed by atoms with E-state index in [0.29, 0.717) is 6.42 Å². The predicted molar refractivity (Wildman–Crippen MR) is 63.6 cm³/mol. The van der Waals surface area contributed by atoms with Gasteiger partial charge in [0.15, 0.2) is 0 Å². The fourth-order valence-electron chi connectivity index (χ4n) is 2.41. The Morgan fingerprint density at radius 1 is 1.18 bits per heavy atom. The van der Waals surface area contributed by atoms with Gasteiger partial charge in [0.05, 0.1) is 10.8 Å². The van der Waals surface area contributed by atoms with E-state index >= 15 is 0 Å². The number of carbonyl (C=O) groups is 2. The van der Waals surface area contributed by atoms with Crippen LogP contribution in [0.5, 0.6) is 0 Å². The molecule has 0 amide bonds. The van der Waals surface area contributed by atoms with E-state index < -0.39 is 28.2 Å². The van der Waals surface area contributed by atoms with Crippen LogP contribution >= 0.6 is 0 Å². The van der Waals surface area contributed by atoms with Crippen LogP contribution in [0.1, 0.15) is 40.5 Å². The largest absolute Gasteiger partial charge is 0.481 e. The molecule has 0 aliphatic heterocycles. The van der Waals surface area contributed by atoms with E-state index in [2.05, 4.69) is 0 Å². The van der Waals surface area contributed by atoms with Crippen LogP contribution in [0.4, 0.5) is 0 Å². The monoisotopic (exact) mass is 240 g/mol. The van der Waals surface area contributed by atoms with E-state index in [-0.39, 0.29) is 6.42 Å². The summed E-state index contributed by atoms with van der Waals surface area (Å²) in [7, 11) is 0. The highest BCUT2D eigenvalue weighted by atomic mass is 16.4. The minimum absolute atomic E-state index is 0.130. The molecule has 0 saturated carbocycles. The quantitative estimate of drug-likeness (QED) is 0.727. The van der Waals surface area contributed by atoms with Crippen LogP contribution in [-0.4, -0.2) is 22.2 Å². The zero-order chi connectivity index (χ0) is 13.5. The highest BCUT2D eigenvalue weighted by molar-refractivity contribution is 5.82. The van der Waals surface area contributed by atoms with Crippen molar-refractivity contribution in [3.8, 4) is 0 Å². The molecule has 0 heterocycles. The van der Waals surface area contributed by atoms with Crippen molar-refractivity contribution in [2.75, 3.05) is 0 Å². The molecule has 0 aromatic rings. The van der Waals surface area contributed by atoms with Gasteiger partial charge in [-0.25, -0.2) is 0 Å². The molecule has 17 heavy (non-hydrogen) atoms. The summed E-state index contributed by atoms with van der Waals surface area (Å²) in [5, 5.41) is 18.7. The average Bonchev–Trinajstić information content (AvgIpc) is 2.15. The molecule has 1 aliphatic carbocycles. The van der Waals surface area contributed by atoms with E-state index in [9.17, 15) is 19.8 Å². The number of allylic oxidation sites excluding steroid dienone is 1. The second-order valence-electron chi connectivity index (χ2n) is 6.18. The summed E-state index contributed by atoms with van der Waals surface area (Å²) in [6, 6.07) is 0. The Kier molecular flexibility index (Phi) is 3.12. The van der Waals surface area contributed by atoms with Gasteiger partial charge in [-0.05, 0) is 25.2 Å². The van der Waals surface area contributed by atoms with Crippen molar-refractivity contribution in [1.29, 1.82) is 0 Å². The summed E-state index contributed by atoms with van der Waals surface area (Å²) in [6.07, 6.45) is 3.87. The lowest BCUT2D eigenvalue weighted by molar-refractivity contribution is -0.161. The molecule has 1 rings (SSSR count). The molecule has 4 heteroatoms. The fraction of sp³-hybridized carbons (Fsp3) is 0.692. The number of aliphatic carboxylic acids is 2. The summed E-state index contributed by atoms with van der Waals surface area (Å²) in [6.45, 7) is 7.11. The lowest BCUT2D eigenvalue weighted by Gasteiger charge is -2.45. The number of hydrogen-bond donors (Lipinski definition) is 2. The van der Waals surface area contributed by atoms with Crippen LogP contribution in [-0.2, 0) is 9.59 Å². The van der Waals surface area contributed by atoms with Gasteiger partial charge in [0.25, 0.3) is 0 Å². The topological polar surface area (TPSA) is 74.6 Å². The number of carboxylic acid groups (broad SMARTS) is 2. The zero-order valence-electron chi connectivity index (χ0n) is 10.8. The van der Waals surface area contributed by atoms with Gasteiger partial charge < -0.3 is 10.2 Å². The molecular weight excluding hydrogens is 220 g/mol. The van der Waals surface area contributed by atoms with Crippen LogP contribution in [0.25, 0.3) is 0 Å². The SMILES string of the molecule is CC1(C(=O)O)CC=CC(C(=O)O)(C(C)(C)C)C1. The maximum Gasteiger partial charge on any atom is 0.314 e. The molecule has 2 atom stereocenters. The summed E-state index contributed by atoms with van der Waals surface area (Å²) in [5.41, 5.74) is -2.63. The van der Waals surface area contributed by atoms with Crippen molar-refractivity contribution in [3.63, 3.8) is 0 Å². The molecule has 0 fully saturated rings. The van der Waals surface area contributed by atoms with Gasteiger partial charge in [-0.15, -0.1) is 0 Å². The number of rotatable bonds is 2. The normalized spacial score (nSPS) is 33.4. The van der Waals surface area contributed by atoms with Crippen LogP contribution in [0.2, 0.25) is 0 Å². The van der Waals surface area contributed by atoms with Gasteiger partial charge in [0, 0.05) is 0 Å². The van der Waals surface area contributed by atoms with Crippen molar-refractivity contribution < 1.29 is 19.8 Å². The molecule has 0 radical (unpaired) electrons. The first-order valence-electron chi connectivity index (χ1n) is 5.70. The molecule has 2 N–H and O–H groups in total. The van der Waals surface area contributed by atoms with E-state index in [1.54, 1.807) is 19.1 Å². The van der Waals surface area contributed by atoms with Crippen molar-refractivity contribution in [1.82, 2.24) is 0 Å². The molecule has 96 valence electrons. The molecule has 0 spiro atoms. The minimum atomic E-state index is -1.11. The second kappa shape index (κ2) is 3.86. The van der Waals surface area contributed by atoms with E-state index in [0.717, 1.165) is 0 Å². The molecule has 1 aliphatic rings. The molecular formula is C13H20O4. The third-order valence-electron chi connectivity index (χ3n) is 3.88. The van der Waals surface area contributed by atoms with E-state index in [1.807, 2.05) is 20.8 Å². The number of hydrogen-bond acceptors (Lipinski definition) is 2. The first-order valence-corrected chi connectivity index (χ1v) is 5.70. The van der Waals surface area contributed by atoms with Crippen LogP contribution in [0.15, 0.2) is 12.2 Å². The highest BCUT2D eigenvalue weighted by Crippen LogP contribution is 2.52. The second-order valence-corrected chi connectivity index (χ2v) is 6.18. The third kappa shape index (κ3) is 2.08. The first kappa shape index (κ1) is 13.7. The van der Waals surface area contributed by atoms with Gasteiger partial charge in [-0.2, -0.15) is 0 Å². The van der Waals surface area contributed by atoms with Gasteiger partial charge >= 0.3 is 11.9 Å². The Labute approximate surface area is 101 Å². The predicted octanol–water partition coefficient (Wildman–Crippen LogP) is 2.54. The van der Waals surface area contributed by atoms with Gasteiger partial charge in [-0.1, -0.05) is 32.9 Å². The minimum Gasteiger partial charge on any atom is -0.481 e. The summed E-state index contributed by atoms with van der Waals surface area (Å²) >= 11 is 0. The Morgan fingerprint density at radius 2 is 1.71 bits per heavy atom. The maximum atomic E-state index is 11.6. The average molecular weight is 240 g/mol. The van der Waals surface area contributed by atoms with Crippen molar-refractivity contribution in [2.45, 2.75) is 40.5 Å². The lowest BCUT2D eigenvalue weighted by atomic mass is 9.56. The van der Waals surface area contributed by atoms with Crippen molar-refractivity contribution in [3.05, 3.63) is 12.2 Å². The van der Waals surface area contributed by atoms with Crippen molar-refractivity contribution in [2.24, 2.45) is 16.2 Å². The van der Waals surface area contributed by atoms with Gasteiger partial charge in [0.2, 0.25) is 0 Å². The molecule has 0 bridgehead atoms. The summed E-state index contributed by atoms with van der Waals surface area (Å²) in [5.74, 6) is -1.88. The Bertz CT molecular complexity index is 377. The Morgan fingerprint density at radius 3 is 2.06 bits per heavy atom. The number of carboxylic acids is 2. The molecule has 0 aromatic heterocycles. The fourth-order valence-corrected chi connectivity index (χ4v) is 2.41. The van der Waals surface area contributed by atoms with E-state index in [1.165, 1.54) is 0 Å². The van der Waals surface area contributed by atoms with Crippen LogP contribution < -0.4 is 0 Å². The van der Waals surface area contributed by atoms with Gasteiger partial charge in [-0.3, -0.25) is 9.59 Å². The third-order valence-corrected chi connectivity index (χ3v) is 3.88. The maximum absolute atomic E-state index is 11.6. The first-order chi connectivity index (χ1) is 7.55. The standard InChI is InChI=1S/C13H20O4/c1-11(2,3)13(10(16)17)7-5-6-12(4,8-13)9(14)15/h5,7H,6,8H2,1-4H3,(H,14,15)(H,16,17). The summed E-state index contributed by atoms with van der Waals surface area (Å²) in [4.78, 5) is 22.9. The van der Waals surface area contributed by atoms with Crippen LogP contribution in [0.3, 0.4) is 0 Å². The molecule has 2 unspecified atom stereocenters. The Hall–Kier alpha value is -1.32. The van der Waals surface area contributed by atoms with E-state index in [4.69, 9.17) is 0 Å². The zero-order valence-corrected chi connectivity index (χ0v) is 10.8. The van der Waals surface area contributed by atoms with Gasteiger partial charge in [0.1, 0.15) is 0 Å². The molecule has 4 nitrogen and oxygen atoms in total. The van der Waals surface area contributed by atoms with Crippen molar-refractivity contribution >= 4 is 11.9 Å². The van der Waals surface area contributed by atoms with Crippen LogP contribution in [0, 0.1) is 16.2 Å². The highest BCUT2D eigenvalue weighted by Gasteiger charge is 2.54. The molecule has 0 aromatic carbocycles. The lowest BCUT2D eigenvalue weighted by Crippen LogP contribution is -2.48. The smallest absolute Gasteiger partial charge is 0.314 e. The Balaban J connectivity index is 3.28. The molecule has 0 saturated heterocycles. The summed E-state index contributed by atoms with van der Waals surface area (Å²) < 4.78 is 0.